The smallest absolute Gasteiger partial charge is 0.0702 e. The summed E-state index contributed by atoms with van der Waals surface area (Å²) in [7, 11) is 2.12. The Morgan fingerprint density at radius 2 is 2.26 bits per heavy atom. The van der Waals surface area contributed by atoms with Crippen molar-refractivity contribution in [3.05, 3.63) is 34.3 Å². The number of hydrogen-bond acceptors (Lipinski definition) is 3. The van der Waals surface area contributed by atoms with Crippen molar-refractivity contribution in [2.24, 2.45) is 5.73 Å². The summed E-state index contributed by atoms with van der Waals surface area (Å²) < 4.78 is 5.76. The van der Waals surface area contributed by atoms with Crippen LogP contribution in [0.15, 0.2) is 18.2 Å². The number of halogens is 1. The van der Waals surface area contributed by atoms with Crippen LogP contribution in [0.4, 0.5) is 0 Å². The van der Waals surface area contributed by atoms with E-state index in [1.165, 1.54) is 19.3 Å². The van der Waals surface area contributed by atoms with Crippen LogP contribution in [0.5, 0.6) is 0 Å². The van der Waals surface area contributed by atoms with E-state index in [2.05, 4.69) is 18.0 Å². The Hall–Kier alpha value is -0.610. The number of nitrogens with two attached hydrogens (primary N) is 1. The van der Waals surface area contributed by atoms with Crippen LogP contribution in [-0.2, 0) is 17.8 Å². The Balaban J connectivity index is 1.88. The second-order valence-electron chi connectivity index (χ2n) is 5.32. The summed E-state index contributed by atoms with van der Waals surface area (Å²) in [5.41, 5.74) is 7.83. The maximum absolute atomic E-state index is 6.28. The van der Waals surface area contributed by atoms with Crippen molar-refractivity contribution >= 4 is 11.6 Å². The first-order valence-corrected chi connectivity index (χ1v) is 7.34. The molecule has 1 aromatic rings. The third-order valence-electron chi connectivity index (χ3n) is 3.58. The van der Waals surface area contributed by atoms with Gasteiger partial charge in [-0.3, -0.25) is 4.90 Å². The predicted molar refractivity (Wildman–Crippen MR) is 79.3 cm³/mol. The zero-order chi connectivity index (χ0) is 13.7. The van der Waals surface area contributed by atoms with E-state index in [9.17, 15) is 0 Å². The van der Waals surface area contributed by atoms with Gasteiger partial charge in [-0.2, -0.15) is 0 Å². The molecule has 19 heavy (non-hydrogen) atoms. The molecule has 0 radical (unpaired) electrons. The molecule has 1 heterocycles. The SMILES string of the molecule is CN(Cc1ccc(CN)cc1Cl)CC1CCCCO1. The molecule has 0 aromatic heterocycles. The van der Waals surface area contributed by atoms with Gasteiger partial charge in [-0.15, -0.1) is 0 Å². The first-order valence-electron chi connectivity index (χ1n) is 6.96. The van der Waals surface area contributed by atoms with Gasteiger partial charge in [-0.1, -0.05) is 23.7 Å². The fourth-order valence-corrected chi connectivity index (χ4v) is 2.76. The van der Waals surface area contributed by atoms with Crippen molar-refractivity contribution < 1.29 is 4.74 Å². The number of benzene rings is 1. The van der Waals surface area contributed by atoms with Gasteiger partial charge in [0.2, 0.25) is 0 Å². The summed E-state index contributed by atoms with van der Waals surface area (Å²) in [5, 5.41) is 0.805. The van der Waals surface area contributed by atoms with Crippen LogP contribution >= 0.6 is 11.6 Å². The van der Waals surface area contributed by atoms with Gasteiger partial charge in [0.05, 0.1) is 6.10 Å². The van der Waals surface area contributed by atoms with E-state index < -0.39 is 0 Å². The summed E-state index contributed by atoms with van der Waals surface area (Å²) in [5.74, 6) is 0. The summed E-state index contributed by atoms with van der Waals surface area (Å²) in [6.07, 6.45) is 4.03. The van der Waals surface area contributed by atoms with Crippen LogP contribution in [0.25, 0.3) is 0 Å². The van der Waals surface area contributed by atoms with Crippen molar-refractivity contribution in [2.45, 2.75) is 38.5 Å². The molecule has 0 bridgehead atoms. The second kappa shape index (κ2) is 7.25. The summed E-state index contributed by atoms with van der Waals surface area (Å²) in [6, 6.07) is 6.08. The highest BCUT2D eigenvalue weighted by Crippen LogP contribution is 2.20. The number of rotatable bonds is 5. The number of nitrogens with zero attached hydrogens (tertiary/aromatic N) is 1. The molecule has 2 rings (SSSR count). The molecule has 1 unspecified atom stereocenters. The van der Waals surface area contributed by atoms with Crippen LogP contribution in [-0.4, -0.2) is 31.2 Å². The van der Waals surface area contributed by atoms with E-state index in [0.717, 1.165) is 35.8 Å². The zero-order valence-corrected chi connectivity index (χ0v) is 12.3. The molecular formula is C15H23ClN2O. The van der Waals surface area contributed by atoms with Crippen molar-refractivity contribution in [1.82, 2.24) is 4.90 Å². The minimum atomic E-state index is 0.376. The van der Waals surface area contributed by atoms with Gasteiger partial charge < -0.3 is 10.5 Å². The van der Waals surface area contributed by atoms with Crippen molar-refractivity contribution in [2.75, 3.05) is 20.2 Å². The maximum atomic E-state index is 6.28. The van der Waals surface area contributed by atoms with E-state index in [-0.39, 0.29) is 0 Å². The molecule has 0 aliphatic carbocycles. The fraction of sp³-hybridized carbons (Fsp3) is 0.600. The lowest BCUT2D eigenvalue weighted by Gasteiger charge is -2.27. The van der Waals surface area contributed by atoms with Gasteiger partial charge in [0.15, 0.2) is 0 Å². The molecule has 1 aliphatic heterocycles. The van der Waals surface area contributed by atoms with E-state index in [1.54, 1.807) is 0 Å². The summed E-state index contributed by atoms with van der Waals surface area (Å²) in [4.78, 5) is 2.28. The molecule has 1 aliphatic rings. The monoisotopic (exact) mass is 282 g/mol. The molecule has 3 nitrogen and oxygen atoms in total. The topological polar surface area (TPSA) is 38.5 Å². The summed E-state index contributed by atoms with van der Waals surface area (Å²) >= 11 is 6.28. The Bertz CT molecular complexity index is 405. The number of hydrogen-bond donors (Lipinski definition) is 1. The number of likely N-dealkylation sites (N-methyl/N-ethyl adjacent to an activating group) is 1. The molecule has 106 valence electrons. The van der Waals surface area contributed by atoms with Gasteiger partial charge in [-0.05, 0) is 43.5 Å². The first kappa shape index (κ1) is 14.8. The average Bonchev–Trinajstić information content (AvgIpc) is 2.42. The number of ether oxygens (including phenoxy) is 1. The molecule has 0 spiro atoms. The molecule has 1 saturated heterocycles. The molecule has 0 amide bonds. The molecule has 1 atom stereocenters. The Kier molecular flexibility index (Phi) is 5.64. The molecular weight excluding hydrogens is 260 g/mol. The highest BCUT2D eigenvalue weighted by Gasteiger charge is 2.16. The van der Waals surface area contributed by atoms with E-state index >= 15 is 0 Å². The van der Waals surface area contributed by atoms with Gasteiger partial charge in [-0.25, -0.2) is 0 Å². The van der Waals surface area contributed by atoms with Gasteiger partial charge in [0.25, 0.3) is 0 Å². The Morgan fingerprint density at radius 3 is 2.89 bits per heavy atom. The van der Waals surface area contributed by atoms with Crippen molar-refractivity contribution in [1.29, 1.82) is 0 Å². The highest BCUT2D eigenvalue weighted by atomic mass is 35.5. The van der Waals surface area contributed by atoms with Crippen LogP contribution in [0.2, 0.25) is 5.02 Å². The molecule has 1 fully saturated rings. The van der Waals surface area contributed by atoms with Crippen molar-refractivity contribution in [3.63, 3.8) is 0 Å². The third-order valence-corrected chi connectivity index (χ3v) is 3.93. The maximum Gasteiger partial charge on any atom is 0.0702 e. The van der Waals surface area contributed by atoms with Crippen LogP contribution in [0.1, 0.15) is 30.4 Å². The third kappa shape index (κ3) is 4.46. The highest BCUT2D eigenvalue weighted by molar-refractivity contribution is 6.31. The lowest BCUT2D eigenvalue weighted by Crippen LogP contribution is -2.33. The molecule has 2 N–H and O–H groups in total. The Morgan fingerprint density at radius 1 is 1.42 bits per heavy atom. The van der Waals surface area contributed by atoms with Crippen LogP contribution in [0, 0.1) is 0 Å². The lowest BCUT2D eigenvalue weighted by molar-refractivity contribution is -0.00258. The van der Waals surface area contributed by atoms with Crippen LogP contribution < -0.4 is 5.73 Å². The standard InChI is InChI=1S/C15H23ClN2O/c1-18(11-14-4-2-3-7-19-14)10-13-6-5-12(9-17)8-15(13)16/h5-6,8,14H,2-4,7,9-11,17H2,1H3. The van der Waals surface area contributed by atoms with Crippen molar-refractivity contribution in [3.8, 4) is 0 Å². The largest absolute Gasteiger partial charge is 0.377 e. The minimum Gasteiger partial charge on any atom is -0.377 e. The molecule has 4 heteroatoms. The average molecular weight is 283 g/mol. The first-order chi connectivity index (χ1) is 9.19. The normalized spacial score (nSPS) is 19.9. The Labute approximate surface area is 120 Å². The lowest BCUT2D eigenvalue weighted by atomic mass is 10.1. The quantitative estimate of drug-likeness (QED) is 0.902. The van der Waals surface area contributed by atoms with Crippen LogP contribution in [0.3, 0.4) is 0 Å². The molecule has 1 aromatic carbocycles. The minimum absolute atomic E-state index is 0.376. The summed E-state index contributed by atoms with van der Waals surface area (Å²) in [6.45, 7) is 3.26. The second-order valence-corrected chi connectivity index (χ2v) is 5.72. The fourth-order valence-electron chi connectivity index (χ4n) is 2.50. The van der Waals surface area contributed by atoms with E-state index in [1.807, 2.05) is 12.1 Å². The van der Waals surface area contributed by atoms with Gasteiger partial charge >= 0.3 is 0 Å². The van der Waals surface area contributed by atoms with Gasteiger partial charge in [0, 0.05) is 31.3 Å². The van der Waals surface area contributed by atoms with E-state index in [0.29, 0.717) is 12.6 Å². The predicted octanol–water partition coefficient (Wildman–Crippen LogP) is 2.80. The zero-order valence-electron chi connectivity index (χ0n) is 11.6. The van der Waals surface area contributed by atoms with E-state index in [4.69, 9.17) is 22.1 Å². The molecule has 0 saturated carbocycles. The van der Waals surface area contributed by atoms with Gasteiger partial charge in [0.1, 0.15) is 0 Å².